The van der Waals surface area contributed by atoms with Crippen molar-refractivity contribution in [2.75, 3.05) is 33.2 Å². The van der Waals surface area contributed by atoms with Crippen LogP contribution in [0.4, 0.5) is 0 Å². The molecule has 0 saturated carbocycles. The van der Waals surface area contributed by atoms with Gasteiger partial charge in [0, 0.05) is 0 Å². The van der Waals surface area contributed by atoms with Crippen molar-refractivity contribution in [3.8, 4) is 0 Å². The van der Waals surface area contributed by atoms with Gasteiger partial charge in [-0.25, -0.2) is 0 Å². The summed E-state index contributed by atoms with van der Waals surface area (Å²) in [5.74, 6) is 1.01. The van der Waals surface area contributed by atoms with Crippen LogP contribution in [0.1, 0.15) is 45.4 Å². The number of hydrogen-bond acceptors (Lipinski definition) is 2. The van der Waals surface area contributed by atoms with Crippen molar-refractivity contribution in [2.45, 2.75) is 45.4 Å². The summed E-state index contributed by atoms with van der Waals surface area (Å²) >= 11 is 0. The van der Waals surface area contributed by atoms with E-state index in [1.165, 1.54) is 64.7 Å². The van der Waals surface area contributed by atoms with Gasteiger partial charge in [-0.15, -0.1) is 0 Å². The van der Waals surface area contributed by atoms with Crippen molar-refractivity contribution in [1.82, 2.24) is 10.2 Å². The van der Waals surface area contributed by atoms with E-state index in [2.05, 4.69) is 17.1 Å². The fraction of sp³-hybridized carbons (Fsp3) is 1.00. The van der Waals surface area contributed by atoms with Crippen molar-refractivity contribution in [1.29, 1.82) is 0 Å². The van der Waals surface area contributed by atoms with Crippen LogP contribution >= 0.6 is 0 Å². The van der Waals surface area contributed by atoms with E-state index in [0.29, 0.717) is 0 Å². The second-order valence-corrected chi connectivity index (χ2v) is 4.86. The molecule has 0 aromatic carbocycles. The maximum atomic E-state index is 3.22. The first-order valence-corrected chi connectivity index (χ1v) is 6.73. The molecule has 2 heteroatoms. The minimum absolute atomic E-state index is 1.01. The Bertz CT molecular complexity index is 147. The van der Waals surface area contributed by atoms with Crippen LogP contribution in [0, 0.1) is 5.92 Å². The standard InChI is InChI=1S/C13H28N2/c1-3-13-7-6-11-15(12-8-13)10-5-4-9-14-2/h13-14H,3-12H2,1-2H3. The molecular formula is C13H28N2. The lowest BCUT2D eigenvalue weighted by atomic mass is 9.98. The molecule has 1 unspecified atom stereocenters. The normalized spacial score (nSPS) is 24.0. The SMILES string of the molecule is CCC1CCCN(CCCCNC)CC1. The summed E-state index contributed by atoms with van der Waals surface area (Å²) in [6.07, 6.45) is 8.38. The Kier molecular flexibility index (Phi) is 7.03. The van der Waals surface area contributed by atoms with E-state index >= 15 is 0 Å². The van der Waals surface area contributed by atoms with Crippen molar-refractivity contribution < 1.29 is 0 Å². The monoisotopic (exact) mass is 212 g/mol. The molecule has 1 saturated heterocycles. The number of likely N-dealkylation sites (tertiary alicyclic amines) is 1. The molecule has 0 amide bonds. The van der Waals surface area contributed by atoms with E-state index in [9.17, 15) is 0 Å². The molecule has 1 atom stereocenters. The summed E-state index contributed by atoms with van der Waals surface area (Å²) in [6, 6.07) is 0. The van der Waals surface area contributed by atoms with Gasteiger partial charge in [0.2, 0.25) is 0 Å². The summed E-state index contributed by atoms with van der Waals surface area (Å²) in [4.78, 5) is 2.67. The van der Waals surface area contributed by atoms with Gasteiger partial charge in [-0.2, -0.15) is 0 Å². The highest BCUT2D eigenvalue weighted by Crippen LogP contribution is 2.20. The molecule has 1 aliphatic rings. The van der Waals surface area contributed by atoms with Gasteiger partial charge >= 0.3 is 0 Å². The second kappa shape index (κ2) is 8.12. The third-order valence-corrected chi connectivity index (χ3v) is 3.67. The van der Waals surface area contributed by atoms with Crippen LogP contribution in [0.3, 0.4) is 0 Å². The lowest BCUT2D eigenvalue weighted by Gasteiger charge is -2.19. The van der Waals surface area contributed by atoms with Crippen LogP contribution in [0.15, 0.2) is 0 Å². The Balaban J connectivity index is 2.08. The number of nitrogens with one attached hydrogen (secondary N) is 1. The highest BCUT2D eigenvalue weighted by atomic mass is 15.1. The predicted octanol–water partition coefficient (Wildman–Crippen LogP) is 2.50. The summed E-state index contributed by atoms with van der Waals surface area (Å²) < 4.78 is 0. The van der Waals surface area contributed by atoms with Crippen LogP contribution in [-0.4, -0.2) is 38.1 Å². The number of rotatable bonds is 6. The first kappa shape index (κ1) is 13.0. The Morgan fingerprint density at radius 1 is 1.20 bits per heavy atom. The van der Waals surface area contributed by atoms with Gasteiger partial charge < -0.3 is 10.2 Å². The number of nitrogens with zero attached hydrogens (tertiary/aromatic N) is 1. The number of hydrogen-bond donors (Lipinski definition) is 1. The van der Waals surface area contributed by atoms with Gasteiger partial charge in [0.15, 0.2) is 0 Å². The van der Waals surface area contributed by atoms with E-state index < -0.39 is 0 Å². The average molecular weight is 212 g/mol. The van der Waals surface area contributed by atoms with Crippen molar-refractivity contribution in [3.63, 3.8) is 0 Å². The van der Waals surface area contributed by atoms with E-state index in [-0.39, 0.29) is 0 Å². The fourth-order valence-corrected chi connectivity index (χ4v) is 2.49. The van der Waals surface area contributed by atoms with Crippen molar-refractivity contribution in [3.05, 3.63) is 0 Å². The van der Waals surface area contributed by atoms with Crippen LogP contribution in [0.5, 0.6) is 0 Å². The third kappa shape index (κ3) is 5.53. The zero-order valence-electron chi connectivity index (χ0n) is 10.6. The van der Waals surface area contributed by atoms with E-state index in [0.717, 1.165) is 5.92 Å². The lowest BCUT2D eigenvalue weighted by Crippen LogP contribution is -2.26. The third-order valence-electron chi connectivity index (χ3n) is 3.67. The van der Waals surface area contributed by atoms with Crippen molar-refractivity contribution in [2.24, 2.45) is 5.92 Å². The molecule has 0 aliphatic carbocycles. The van der Waals surface area contributed by atoms with Gasteiger partial charge in [-0.05, 0) is 71.2 Å². The second-order valence-electron chi connectivity index (χ2n) is 4.86. The van der Waals surface area contributed by atoms with Crippen molar-refractivity contribution >= 4 is 0 Å². The molecule has 1 fully saturated rings. The maximum Gasteiger partial charge on any atom is -0.00161 e. The molecule has 2 nitrogen and oxygen atoms in total. The molecule has 90 valence electrons. The minimum Gasteiger partial charge on any atom is -0.320 e. The molecule has 1 N–H and O–H groups in total. The van der Waals surface area contributed by atoms with Gasteiger partial charge in [-0.3, -0.25) is 0 Å². The summed E-state index contributed by atoms with van der Waals surface area (Å²) in [6.45, 7) is 7.52. The highest BCUT2D eigenvalue weighted by Gasteiger charge is 2.14. The van der Waals surface area contributed by atoms with Crippen LogP contribution in [-0.2, 0) is 0 Å². The first-order valence-electron chi connectivity index (χ1n) is 6.73. The summed E-state index contributed by atoms with van der Waals surface area (Å²) in [7, 11) is 2.04. The predicted molar refractivity (Wildman–Crippen MR) is 67.2 cm³/mol. The Labute approximate surface area is 95.4 Å². The molecule has 1 rings (SSSR count). The van der Waals surface area contributed by atoms with Gasteiger partial charge in [0.1, 0.15) is 0 Å². The highest BCUT2D eigenvalue weighted by molar-refractivity contribution is 4.69. The average Bonchev–Trinajstić information content (AvgIpc) is 2.49. The molecule has 0 aromatic rings. The molecule has 1 heterocycles. The molecule has 0 spiro atoms. The maximum absolute atomic E-state index is 3.22. The fourth-order valence-electron chi connectivity index (χ4n) is 2.49. The first-order chi connectivity index (χ1) is 7.36. The van der Waals surface area contributed by atoms with E-state index in [1.807, 2.05) is 7.05 Å². The minimum atomic E-state index is 1.01. The topological polar surface area (TPSA) is 15.3 Å². The quantitative estimate of drug-likeness (QED) is 0.681. The Morgan fingerprint density at radius 2 is 2.07 bits per heavy atom. The molecule has 1 aliphatic heterocycles. The smallest absolute Gasteiger partial charge is 0.00161 e. The van der Waals surface area contributed by atoms with Gasteiger partial charge in [-0.1, -0.05) is 13.3 Å². The van der Waals surface area contributed by atoms with Crippen LogP contribution in [0.25, 0.3) is 0 Å². The molecule has 0 radical (unpaired) electrons. The molecule has 15 heavy (non-hydrogen) atoms. The van der Waals surface area contributed by atoms with Gasteiger partial charge in [0.05, 0.1) is 0 Å². The Morgan fingerprint density at radius 3 is 2.80 bits per heavy atom. The van der Waals surface area contributed by atoms with Crippen LogP contribution in [0.2, 0.25) is 0 Å². The Hall–Kier alpha value is -0.0800. The van der Waals surface area contributed by atoms with E-state index in [4.69, 9.17) is 0 Å². The summed E-state index contributed by atoms with van der Waals surface area (Å²) in [5, 5.41) is 3.22. The van der Waals surface area contributed by atoms with Gasteiger partial charge in [0.25, 0.3) is 0 Å². The van der Waals surface area contributed by atoms with Crippen LogP contribution < -0.4 is 5.32 Å². The molecule has 0 bridgehead atoms. The molecular weight excluding hydrogens is 184 g/mol. The summed E-state index contributed by atoms with van der Waals surface area (Å²) in [5.41, 5.74) is 0. The zero-order chi connectivity index (χ0) is 10.9. The number of unbranched alkanes of at least 4 members (excludes halogenated alkanes) is 1. The largest absolute Gasteiger partial charge is 0.320 e. The molecule has 0 aromatic heterocycles. The van der Waals surface area contributed by atoms with E-state index in [1.54, 1.807) is 0 Å². The zero-order valence-corrected chi connectivity index (χ0v) is 10.6. The lowest BCUT2D eigenvalue weighted by molar-refractivity contribution is 0.274.